The van der Waals surface area contributed by atoms with E-state index in [1.807, 2.05) is 6.92 Å². The number of hydrogen-bond donors (Lipinski definition) is 3. The average molecular weight is 216 g/mol. The Morgan fingerprint density at radius 2 is 2.07 bits per heavy atom. The van der Waals surface area contributed by atoms with Crippen molar-refractivity contribution in [3.63, 3.8) is 0 Å². The van der Waals surface area contributed by atoms with Gasteiger partial charge in [-0.2, -0.15) is 0 Å². The van der Waals surface area contributed by atoms with Gasteiger partial charge in [-0.3, -0.25) is 9.59 Å². The lowest BCUT2D eigenvalue weighted by Crippen LogP contribution is -2.47. The van der Waals surface area contributed by atoms with Crippen molar-refractivity contribution in [3.8, 4) is 0 Å². The number of carboxylic acids is 1. The summed E-state index contributed by atoms with van der Waals surface area (Å²) in [4.78, 5) is 22.1. The molecule has 0 bridgehead atoms. The molecule has 88 valence electrons. The molecule has 0 heterocycles. The van der Waals surface area contributed by atoms with Gasteiger partial charge < -0.3 is 16.2 Å². The first-order valence-corrected chi connectivity index (χ1v) is 5.08. The van der Waals surface area contributed by atoms with E-state index in [-0.39, 0.29) is 24.9 Å². The monoisotopic (exact) mass is 216 g/mol. The summed E-state index contributed by atoms with van der Waals surface area (Å²) in [5.41, 5.74) is 4.91. The molecule has 5 nitrogen and oxygen atoms in total. The van der Waals surface area contributed by atoms with Crippen LogP contribution in [0.25, 0.3) is 0 Å². The van der Waals surface area contributed by atoms with Crippen LogP contribution in [-0.4, -0.2) is 29.6 Å². The Bertz CT molecular complexity index is 237. The first-order chi connectivity index (χ1) is 6.85. The zero-order valence-corrected chi connectivity index (χ0v) is 9.54. The van der Waals surface area contributed by atoms with E-state index in [2.05, 4.69) is 5.32 Å². The highest BCUT2D eigenvalue weighted by Gasteiger charge is 2.30. The lowest BCUT2D eigenvalue weighted by Gasteiger charge is -2.26. The molecule has 0 spiro atoms. The predicted molar refractivity (Wildman–Crippen MR) is 57.3 cm³/mol. The number of rotatable bonds is 6. The number of nitrogens with one attached hydrogen (secondary N) is 1. The highest BCUT2D eigenvalue weighted by Crippen LogP contribution is 2.19. The van der Waals surface area contributed by atoms with Crippen LogP contribution in [0.3, 0.4) is 0 Å². The van der Waals surface area contributed by atoms with Gasteiger partial charge in [0.05, 0.1) is 11.8 Å². The second kappa shape index (κ2) is 5.70. The van der Waals surface area contributed by atoms with Gasteiger partial charge in [0.25, 0.3) is 0 Å². The molecule has 0 aromatic heterocycles. The van der Waals surface area contributed by atoms with E-state index >= 15 is 0 Å². The molecule has 0 aliphatic rings. The molecule has 4 N–H and O–H groups in total. The summed E-state index contributed by atoms with van der Waals surface area (Å²) in [6, 6.07) is -0.368. The third-order valence-corrected chi connectivity index (χ3v) is 2.64. The second-order valence-corrected chi connectivity index (χ2v) is 4.09. The van der Waals surface area contributed by atoms with E-state index in [4.69, 9.17) is 10.8 Å². The van der Waals surface area contributed by atoms with Crippen LogP contribution in [0.1, 0.15) is 33.6 Å². The normalized spacial score (nSPS) is 16.5. The average Bonchev–Trinajstić information content (AvgIpc) is 2.15. The lowest BCUT2D eigenvalue weighted by atomic mass is 9.86. The van der Waals surface area contributed by atoms with Crippen LogP contribution in [0.2, 0.25) is 0 Å². The Labute approximate surface area is 90.0 Å². The van der Waals surface area contributed by atoms with Gasteiger partial charge in [0, 0.05) is 12.6 Å². The van der Waals surface area contributed by atoms with Crippen molar-refractivity contribution < 1.29 is 14.7 Å². The van der Waals surface area contributed by atoms with Crippen molar-refractivity contribution in [2.75, 3.05) is 6.54 Å². The molecular weight excluding hydrogens is 196 g/mol. The summed E-state index contributed by atoms with van der Waals surface area (Å²) in [7, 11) is 0. The summed E-state index contributed by atoms with van der Waals surface area (Å²) in [6.07, 6.45) is 0.561. The van der Waals surface area contributed by atoms with Gasteiger partial charge in [0.15, 0.2) is 0 Å². The van der Waals surface area contributed by atoms with Crippen molar-refractivity contribution in [1.29, 1.82) is 0 Å². The maximum Gasteiger partial charge on any atom is 0.305 e. The fourth-order valence-corrected chi connectivity index (χ4v) is 1.11. The number of aliphatic carboxylic acids is 1. The van der Waals surface area contributed by atoms with Crippen LogP contribution in [0.5, 0.6) is 0 Å². The quantitative estimate of drug-likeness (QED) is 0.597. The smallest absolute Gasteiger partial charge is 0.305 e. The number of carbonyl (C=O) groups is 2. The van der Waals surface area contributed by atoms with Crippen LogP contribution in [0.4, 0.5) is 0 Å². The predicted octanol–water partition coefficient (Wildman–Crippen LogP) is 0.341. The van der Waals surface area contributed by atoms with Crippen LogP contribution in [0.15, 0.2) is 0 Å². The second-order valence-electron chi connectivity index (χ2n) is 4.09. The summed E-state index contributed by atoms with van der Waals surface area (Å²) >= 11 is 0. The molecule has 0 rings (SSSR count). The highest BCUT2D eigenvalue weighted by molar-refractivity contribution is 5.83. The number of hydrogen-bond acceptors (Lipinski definition) is 3. The van der Waals surface area contributed by atoms with Gasteiger partial charge in [0.2, 0.25) is 5.91 Å². The maximum absolute atomic E-state index is 11.7. The third kappa shape index (κ3) is 4.29. The van der Waals surface area contributed by atoms with Crippen LogP contribution in [-0.2, 0) is 9.59 Å². The first kappa shape index (κ1) is 13.9. The molecule has 0 aliphatic heterocycles. The summed E-state index contributed by atoms with van der Waals surface area (Å²) in [5.74, 6) is -1.10. The van der Waals surface area contributed by atoms with E-state index in [0.29, 0.717) is 6.42 Å². The van der Waals surface area contributed by atoms with Gasteiger partial charge in [-0.15, -0.1) is 0 Å². The van der Waals surface area contributed by atoms with Crippen molar-refractivity contribution >= 4 is 11.9 Å². The zero-order valence-electron chi connectivity index (χ0n) is 9.54. The Morgan fingerprint density at radius 3 is 2.40 bits per heavy atom. The van der Waals surface area contributed by atoms with Crippen molar-refractivity contribution in [1.82, 2.24) is 5.32 Å². The number of amides is 1. The van der Waals surface area contributed by atoms with Gasteiger partial charge >= 0.3 is 5.97 Å². The number of nitrogens with two attached hydrogens (primary N) is 1. The summed E-state index contributed by atoms with van der Waals surface area (Å²) < 4.78 is 0. The van der Waals surface area contributed by atoms with E-state index < -0.39 is 11.4 Å². The minimum absolute atomic E-state index is 0.0733. The molecule has 0 radical (unpaired) electrons. The number of carbonyl (C=O) groups excluding carboxylic acids is 1. The molecule has 0 aromatic rings. The van der Waals surface area contributed by atoms with Crippen LogP contribution in [0, 0.1) is 5.41 Å². The Hall–Kier alpha value is -1.10. The molecule has 15 heavy (non-hydrogen) atoms. The largest absolute Gasteiger partial charge is 0.481 e. The molecule has 5 heteroatoms. The molecule has 0 saturated carbocycles. The molecule has 0 aromatic carbocycles. The Kier molecular flexibility index (Phi) is 5.28. The fraction of sp³-hybridized carbons (Fsp3) is 0.800. The lowest BCUT2D eigenvalue weighted by molar-refractivity contribution is -0.138. The van der Waals surface area contributed by atoms with E-state index in [1.54, 1.807) is 13.8 Å². The van der Waals surface area contributed by atoms with Gasteiger partial charge in [-0.1, -0.05) is 6.92 Å². The van der Waals surface area contributed by atoms with Crippen molar-refractivity contribution in [2.24, 2.45) is 11.1 Å². The summed E-state index contributed by atoms with van der Waals surface area (Å²) in [5, 5.41) is 11.2. The third-order valence-electron chi connectivity index (χ3n) is 2.64. The fourth-order valence-electron chi connectivity index (χ4n) is 1.11. The van der Waals surface area contributed by atoms with Gasteiger partial charge in [0.1, 0.15) is 0 Å². The zero-order chi connectivity index (χ0) is 12.1. The molecule has 0 aliphatic carbocycles. The topological polar surface area (TPSA) is 92.4 Å². The minimum Gasteiger partial charge on any atom is -0.481 e. The minimum atomic E-state index is -0.922. The van der Waals surface area contributed by atoms with Crippen LogP contribution < -0.4 is 11.1 Å². The van der Waals surface area contributed by atoms with E-state index in [9.17, 15) is 9.59 Å². The van der Waals surface area contributed by atoms with Gasteiger partial charge in [-0.25, -0.2) is 0 Å². The standard InChI is InChI=1S/C10H20N2O3/c1-4-10(3,6-11)9(15)12-7(2)5-8(13)14/h7H,4-6,11H2,1-3H3,(H,12,15)(H,13,14). The van der Waals surface area contributed by atoms with Crippen molar-refractivity contribution in [3.05, 3.63) is 0 Å². The molecule has 0 saturated heterocycles. The first-order valence-electron chi connectivity index (χ1n) is 5.08. The summed E-state index contributed by atoms with van der Waals surface area (Å²) in [6.45, 7) is 5.58. The van der Waals surface area contributed by atoms with E-state index in [0.717, 1.165) is 0 Å². The SMILES string of the molecule is CCC(C)(CN)C(=O)NC(C)CC(=O)O. The van der Waals surface area contributed by atoms with Crippen molar-refractivity contribution in [2.45, 2.75) is 39.7 Å². The highest BCUT2D eigenvalue weighted by atomic mass is 16.4. The molecule has 2 atom stereocenters. The molecule has 2 unspecified atom stereocenters. The molecule has 1 amide bonds. The van der Waals surface area contributed by atoms with Crippen LogP contribution >= 0.6 is 0 Å². The van der Waals surface area contributed by atoms with Gasteiger partial charge in [-0.05, 0) is 20.3 Å². The Balaban J connectivity index is 4.28. The molecular formula is C10H20N2O3. The Morgan fingerprint density at radius 1 is 1.53 bits per heavy atom. The number of carboxylic acid groups (broad SMARTS) is 1. The molecule has 0 fully saturated rings. The maximum atomic E-state index is 11.7. The van der Waals surface area contributed by atoms with E-state index in [1.165, 1.54) is 0 Å².